The van der Waals surface area contributed by atoms with Gasteiger partial charge in [-0.15, -0.1) is 0 Å². The SMILES string of the molecule is CC(=O)N1CCC(C(=O)Nc2n[nH]c3ccc(OCc4ccc(Cl)c(Cl)c4)cc23)CC1. The third-order valence-corrected chi connectivity index (χ3v) is 6.22. The third kappa shape index (κ3) is 4.94. The fourth-order valence-corrected chi connectivity index (χ4v) is 3.97. The third-order valence-electron chi connectivity index (χ3n) is 5.48. The van der Waals surface area contributed by atoms with Gasteiger partial charge in [-0.05, 0) is 48.7 Å². The van der Waals surface area contributed by atoms with Crippen molar-refractivity contribution in [2.75, 3.05) is 18.4 Å². The fourth-order valence-electron chi connectivity index (χ4n) is 3.65. The van der Waals surface area contributed by atoms with Crippen LogP contribution in [0.3, 0.4) is 0 Å². The lowest BCUT2D eigenvalue weighted by Crippen LogP contribution is -2.40. The van der Waals surface area contributed by atoms with Crippen LogP contribution in [0.15, 0.2) is 36.4 Å². The van der Waals surface area contributed by atoms with Crippen LogP contribution in [0.25, 0.3) is 10.9 Å². The van der Waals surface area contributed by atoms with Crippen molar-refractivity contribution >= 4 is 51.7 Å². The van der Waals surface area contributed by atoms with Gasteiger partial charge in [0.2, 0.25) is 11.8 Å². The molecule has 0 aliphatic carbocycles. The van der Waals surface area contributed by atoms with Crippen molar-refractivity contribution in [3.8, 4) is 5.75 Å². The molecule has 0 unspecified atom stereocenters. The standard InChI is InChI=1S/C22H22Cl2N4O3/c1-13(29)28-8-6-15(7-9-28)22(30)25-21-17-11-16(3-5-20(17)26-27-21)31-12-14-2-4-18(23)19(24)10-14/h2-5,10-11,15H,6-9,12H2,1H3,(H2,25,26,27,30). The number of rotatable bonds is 5. The van der Waals surface area contributed by atoms with Crippen molar-refractivity contribution in [3.05, 3.63) is 52.0 Å². The number of fused-ring (bicyclic) bond motifs is 1. The van der Waals surface area contributed by atoms with Crippen molar-refractivity contribution in [1.82, 2.24) is 15.1 Å². The molecule has 31 heavy (non-hydrogen) atoms. The predicted molar refractivity (Wildman–Crippen MR) is 120 cm³/mol. The Hall–Kier alpha value is -2.77. The van der Waals surface area contributed by atoms with Crippen LogP contribution in [0.5, 0.6) is 5.75 Å². The zero-order chi connectivity index (χ0) is 22.0. The van der Waals surface area contributed by atoms with Gasteiger partial charge in [-0.25, -0.2) is 0 Å². The van der Waals surface area contributed by atoms with Gasteiger partial charge in [0.25, 0.3) is 0 Å². The molecule has 162 valence electrons. The summed E-state index contributed by atoms with van der Waals surface area (Å²) in [4.78, 5) is 26.0. The number of hydrogen-bond donors (Lipinski definition) is 2. The number of ether oxygens (including phenoxy) is 1. The number of benzene rings is 2. The molecule has 1 aromatic heterocycles. The predicted octanol–water partition coefficient (Wildman–Crippen LogP) is 4.65. The minimum absolute atomic E-state index is 0.0468. The number of amides is 2. The first-order valence-corrected chi connectivity index (χ1v) is 10.8. The molecular formula is C22H22Cl2N4O3. The van der Waals surface area contributed by atoms with E-state index in [2.05, 4.69) is 15.5 Å². The fraction of sp³-hybridized carbons (Fsp3) is 0.318. The van der Waals surface area contributed by atoms with E-state index >= 15 is 0 Å². The Morgan fingerprint density at radius 1 is 1.16 bits per heavy atom. The lowest BCUT2D eigenvalue weighted by molar-refractivity contribution is -0.132. The normalized spacial score (nSPS) is 14.6. The van der Waals surface area contributed by atoms with Crippen LogP contribution in [-0.4, -0.2) is 40.0 Å². The highest BCUT2D eigenvalue weighted by Gasteiger charge is 2.26. The molecule has 1 aliphatic rings. The number of likely N-dealkylation sites (tertiary alicyclic amines) is 1. The lowest BCUT2D eigenvalue weighted by Gasteiger charge is -2.30. The molecular weight excluding hydrogens is 439 g/mol. The monoisotopic (exact) mass is 460 g/mol. The van der Waals surface area contributed by atoms with Gasteiger partial charge in [0.05, 0.1) is 15.6 Å². The molecule has 2 N–H and O–H groups in total. The molecule has 0 atom stereocenters. The summed E-state index contributed by atoms with van der Waals surface area (Å²) in [5, 5.41) is 11.8. The number of anilines is 1. The average Bonchev–Trinajstić information content (AvgIpc) is 3.16. The highest BCUT2D eigenvalue weighted by Crippen LogP contribution is 2.28. The zero-order valence-electron chi connectivity index (χ0n) is 17.0. The highest BCUT2D eigenvalue weighted by molar-refractivity contribution is 6.42. The smallest absolute Gasteiger partial charge is 0.228 e. The van der Waals surface area contributed by atoms with E-state index < -0.39 is 0 Å². The number of hydrogen-bond acceptors (Lipinski definition) is 4. The molecule has 0 radical (unpaired) electrons. The van der Waals surface area contributed by atoms with E-state index in [1.165, 1.54) is 0 Å². The van der Waals surface area contributed by atoms with E-state index in [1.807, 2.05) is 24.3 Å². The second-order valence-corrected chi connectivity index (χ2v) is 8.40. The average molecular weight is 461 g/mol. The topological polar surface area (TPSA) is 87.3 Å². The summed E-state index contributed by atoms with van der Waals surface area (Å²) in [7, 11) is 0. The molecule has 1 aliphatic heterocycles. The number of carbonyl (C=O) groups excluding carboxylic acids is 2. The maximum atomic E-state index is 12.7. The lowest BCUT2D eigenvalue weighted by atomic mass is 9.96. The molecule has 2 amide bonds. The van der Waals surface area contributed by atoms with E-state index in [0.29, 0.717) is 54.2 Å². The zero-order valence-corrected chi connectivity index (χ0v) is 18.5. The minimum atomic E-state index is -0.142. The molecule has 9 heteroatoms. The minimum Gasteiger partial charge on any atom is -0.489 e. The van der Waals surface area contributed by atoms with Gasteiger partial charge < -0.3 is 15.0 Å². The summed E-state index contributed by atoms with van der Waals surface area (Å²) in [6, 6.07) is 10.9. The first kappa shape index (κ1) is 21.5. The summed E-state index contributed by atoms with van der Waals surface area (Å²) in [6.45, 7) is 3.08. The van der Waals surface area contributed by atoms with Gasteiger partial charge in [-0.2, -0.15) is 5.10 Å². The second kappa shape index (κ2) is 9.16. The number of carbonyl (C=O) groups is 2. The van der Waals surface area contributed by atoms with Crippen molar-refractivity contribution in [2.24, 2.45) is 5.92 Å². The number of halogens is 2. The van der Waals surface area contributed by atoms with Gasteiger partial charge in [0.15, 0.2) is 5.82 Å². The largest absolute Gasteiger partial charge is 0.489 e. The molecule has 0 saturated carbocycles. The molecule has 0 spiro atoms. The second-order valence-electron chi connectivity index (χ2n) is 7.59. The molecule has 1 fully saturated rings. The van der Waals surface area contributed by atoms with Crippen LogP contribution in [-0.2, 0) is 16.2 Å². The van der Waals surface area contributed by atoms with Crippen LogP contribution < -0.4 is 10.1 Å². The van der Waals surface area contributed by atoms with Crippen molar-refractivity contribution in [3.63, 3.8) is 0 Å². The quantitative estimate of drug-likeness (QED) is 0.580. The number of nitrogens with zero attached hydrogens (tertiary/aromatic N) is 2. The first-order chi connectivity index (χ1) is 14.9. The highest BCUT2D eigenvalue weighted by atomic mass is 35.5. The van der Waals surface area contributed by atoms with Gasteiger partial charge in [-0.1, -0.05) is 29.3 Å². The van der Waals surface area contributed by atoms with Gasteiger partial charge in [0.1, 0.15) is 12.4 Å². The molecule has 3 aromatic rings. The molecule has 2 heterocycles. The number of H-pyrrole nitrogens is 1. The van der Waals surface area contributed by atoms with Gasteiger partial charge >= 0.3 is 0 Å². The Kier molecular flexibility index (Phi) is 6.34. The van der Waals surface area contributed by atoms with E-state index in [0.717, 1.165) is 16.5 Å². The first-order valence-electron chi connectivity index (χ1n) is 10.0. The Morgan fingerprint density at radius 2 is 1.94 bits per heavy atom. The van der Waals surface area contributed by atoms with Crippen LogP contribution in [0.2, 0.25) is 10.0 Å². The Morgan fingerprint density at radius 3 is 2.65 bits per heavy atom. The van der Waals surface area contributed by atoms with Crippen LogP contribution in [0.4, 0.5) is 5.82 Å². The van der Waals surface area contributed by atoms with Crippen molar-refractivity contribution < 1.29 is 14.3 Å². The molecule has 2 aromatic carbocycles. The van der Waals surface area contributed by atoms with Crippen molar-refractivity contribution in [2.45, 2.75) is 26.4 Å². The maximum Gasteiger partial charge on any atom is 0.228 e. The number of aromatic nitrogens is 2. The van der Waals surface area contributed by atoms with Crippen LogP contribution in [0.1, 0.15) is 25.3 Å². The van der Waals surface area contributed by atoms with Crippen molar-refractivity contribution in [1.29, 1.82) is 0 Å². The van der Waals surface area contributed by atoms with E-state index in [-0.39, 0.29) is 17.7 Å². The summed E-state index contributed by atoms with van der Waals surface area (Å²) in [5.74, 6) is 0.931. The molecule has 0 bridgehead atoms. The summed E-state index contributed by atoms with van der Waals surface area (Å²) < 4.78 is 5.88. The number of piperidine rings is 1. The summed E-state index contributed by atoms with van der Waals surface area (Å²) >= 11 is 12.0. The molecule has 7 nitrogen and oxygen atoms in total. The Labute approximate surface area is 189 Å². The van der Waals surface area contributed by atoms with Crippen LogP contribution >= 0.6 is 23.2 Å². The summed E-state index contributed by atoms with van der Waals surface area (Å²) in [6.07, 6.45) is 1.29. The van der Waals surface area contributed by atoms with E-state index in [9.17, 15) is 9.59 Å². The van der Waals surface area contributed by atoms with E-state index in [1.54, 1.807) is 24.0 Å². The van der Waals surface area contributed by atoms with E-state index in [4.69, 9.17) is 27.9 Å². The number of aromatic amines is 1. The number of nitrogens with one attached hydrogen (secondary N) is 2. The molecule has 4 rings (SSSR count). The molecule has 1 saturated heterocycles. The van der Waals surface area contributed by atoms with Gasteiger partial charge in [0, 0.05) is 31.3 Å². The Bertz CT molecular complexity index is 1120. The summed E-state index contributed by atoms with van der Waals surface area (Å²) in [5.41, 5.74) is 1.69. The maximum absolute atomic E-state index is 12.7. The van der Waals surface area contributed by atoms with Crippen LogP contribution in [0, 0.1) is 5.92 Å². The Balaban J connectivity index is 1.42. The van der Waals surface area contributed by atoms with Gasteiger partial charge in [-0.3, -0.25) is 14.7 Å².